The van der Waals surface area contributed by atoms with E-state index >= 15 is 0 Å². The first-order chi connectivity index (χ1) is 8.08. The molecule has 0 aliphatic heterocycles. The third-order valence-corrected chi connectivity index (χ3v) is 3.66. The van der Waals surface area contributed by atoms with Gasteiger partial charge in [-0.05, 0) is 25.2 Å². The highest BCUT2D eigenvalue weighted by molar-refractivity contribution is 5.66. The summed E-state index contributed by atoms with van der Waals surface area (Å²) in [5.41, 5.74) is 1.13. The van der Waals surface area contributed by atoms with Crippen LogP contribution >= 0.6 is 0 Å². The standard InChI is InChI=1S/C11H12F2N2O2/c12-11(13)9-6-2-1-5-3-7(5)10(6)15(14-9)4-8(16)17/h5,7,11H,1-4H2,(H,16,17)/t5-,7+/m0/s1. The van der Waals surface area contributed by atoms with Gasteiger partial charge in [0.05, 0.1) is 0 Å². The summed E-state index contributed by atoms with van der Waals surface area (Å²) < 4.78 is 26.9. The molecule has 0 unspecified atom stereocenters. The van der Waals surface area contributed by atoms with Crippen molar-refractivity contribution in [3.8, 4) is 0 Å². The van der Waals surface area contributed by atoms with Gasteiger partial charge in [0.1, 0.15) is 12.2 Å². The van der Waals surface area contributed by atoms with Gasteiger partial charge in [0.25, 0.3) is 6.43 Å². The van der Waals surface area contributed by atoms with E-state index < -0.39 is 12.4 Å². The highest BCUT2D eigenvalue weighted by atomic mass is 19.3. The Morgan fingerprint density at radius 3 is 3.00 bits per heavy atom. The Morgan fingerprint density at radius 1 is 1.59 bits per heavy atom. The van der Waals surface area contributed by atoms with Crippen LogP contribution < -0.4 is 0 Å². The molecule has 2 atom stereocenters. The lowest BCUT2D eigenvalue weighted by Gasteiger charge is -2.12. The summed E-state index contributed by atoms with van der Waals surface area (Å²) in [5.74, 6) is -0.228. The average molecular weight is 242 g/mol. The van der Waals surface area contributed by atoms with Gasteiger partial charge in [-0.1, -0.05) is 0 Å². The van der Waals surface area contributed by atoms with E-state index in [4.69, 9.17) is 5.11 Å². The molecule has 1 N–H and O–H groups in total. The van der Waals surface area contributed by atoms with Gasteiger partial charge < -0.3 is 5.11 Å². The molecular weight excluding hydrogens is 230 g/mol. The third-order valence-electron chi connectivity index (χ3n) is 3.66. The van der Waals surface area contributed by atoms with Crippen LogP contribution in [0.1, 0.15) is 42.1 Å². The van der Waals surface area contributed by atoms with E-state index in [-0.39, 0.29) is 18.2 Å². The van der Waals surface area contributed by atoms with Crippen LogP contribution in [0.15, 0.2) is 0 Å². The zero-order chi connectivity index (χ0) is 12.2. The Morgan fingerprint density at radius 2 is 2.35 bits per heavy atom. The highest BCUT2D eigenvalue weighted by Gasteiger charge is 2.46. The molecule has 1 fully saturated rings. The van der Waals surface area contributed by atoms with Crippen molar-refractivity contribution in [3.63, 3.8) is 0 Å². The van der Waals surface area contributed by atoms with Crippen molar-refractivity contribution in [1.82, 2.24) is 9.78 Å². The lowest BCUT2D eigenvalue weighted by Crippen LogP contribution is -2.14. The minimum atomic E-state index is -2.62. The molecule has 0 spiro atoms. The van der Waals surface area contributed by atoms with E-state index in [9.17, 15) is 13.6 Å². The second-order valence-electron chi connectivity index (χ2n) is 4.74. The quantitative estimate of drug-likeness (QED) is 0.881. The number of aromatic nitrogens is 2. The van der Waals surface area contributed by atoms with Crippen LogP contribution in [0.4, 0.5) is 8.78 Å². The molecule has 17 heavy (non-hydrogen) atoms. The maximum absolute atomic E-state index is 12.8. The second kappa shape index (κ2) is 3.51. The van der Waals surface area contributed by atoms with Crippen molar-refractivity contribution in [1.29, 1.82) is 0 Å². The normalized spacial score (nSPS) is 25.6. The minimum Gasteiger partial charge on any atom is -0.480 e. The largest absolute Gasteiger partial charge is 0.480 e. The van der Waals surface area contributed by atoms with E-state index in [1.54, 1.807) is 0 Å². The van der Waals surface area contributed by atoms with Gasteiger partial charge in [-0.25, -0.2) is 8.78 Å². The Kier molecular flexibility index (Phi) is 2.21. The summed E-state index contributed by atoms with van der Waals surface area (Å²) in [6.07, 6.45) is -0.0958. The molecule has 0 amide bonds. The first kappa shape index (κ1) is 10.7. The number of alkyl halides is 2. The van der Waals surface area contributed by atoms with Gasteiger partial charge >= 0.3 is 5.97 Å². The van der Waals surface area contributed by atoms with Gasteiger partial charge in [0.15, 0.2) is 0 Å². The Balaban J connectivity index is 2.06. The number of nitrogens with zero attached hydrogens (tertiary/aromatic N) is 2. The smallest absolute Gasteiger partial charge is 0.325 e. The SMILES string of the molecule is O=C(O)Cn1nc(C(F)F)c2c1[C@@H]1C[C@@H]1CC2. The summed E-state index contributed by atoms with van der Waals surface area (Å²) in [6, 6.07) is 0. The number of carboxylic acid groups (broad SMARTS) is 1. The first-order valence-electron chi connectivity index (χ1n) is 5.67. The predicted octanol–water partition coefficient (Wildman–Crippen LogP) is 1.96. The number of aliphatic carboxylic acids is 1. The summed E-state index contributed by atoms with van der Waals surface area (Å²) in [4.78, 5) is 10.7. The molecule has 2 aliphatic rings. The molecule has 4 nitrogen and oxygen atoms in total. The van der Waals surface area contributed by atoms with Gasteiger partial charge in [0.2, 0.25) is 0 Å². The fraction of sp³-hybridized carbons (Fsp3) is 0.636. The molecule has 1 aromatic heterocycles. The summed E-state index contributed by atoms with van der Waals surface area (Å²) in [5, 5.41) is 12.6. The number of halogens is 2. The number of rotatable bonds is 3. The molecule has 0 saturated heterocycles. The van der Waals surface area contributed by atoms with Crippen LogP contribution in [0.2, 0.25) is 0 Å². The Labute approximate surface area is 96.2 Å². The highest BCUT2D eigenvalue weighted by Crippen LogP contribution is 2.55. The zero-order valence-electron chi connectivity index (χ0n) is 9.07. The number of carboxylic acids is 1. The maximum Gasteiger partial charge on any atom is 0.325 e. The van der Waals surface area contributed by atoms with Crippen molar-refractivity contribution in [2.24, 2.45) is 5.92 Å². The van der Waals surface area contributed by atoms with Gasteiger partial charge in [-0.3, -0.25) is 9.48 Å². The van der Waals surface area contributed by atoms with Gasteiger partial charge in [-0.2, -0.15) is 5.10 Å². The molecule has 92 valence electrons. The predicted molar refractivity (Wildman–Crippen MR) is 54.0 cm³/mol. The van der Waals surface area contributed by atoms with E-state index in [1.165, 1.54) is 4.68 Å². The monoisotopic (exact) mass is 242 g/mol. The molecule has 6 heteroatoms. The van der Waals surface area contributed by atoms with Crippen molar-refractivity contribution in [2.75, 3.05) is 0 Å². The van der Waals surface area contributed by atoms with E-state index in [0.29, 0.717) is 17.9 Å². The summed E-state index contributed by atoms with van der Waals surface area (Å²) in [6.45, 7) is -0.321. The van der Waals surface area contributed by atoms with Crippen LogP contribution in [-0.4, -0.2) is 20.9 Å². The number of hydrogen-bond donors (Lipinski definition) is 1. The maximum atomic E-state index is 12.8. The summed E-state index contributed by atoms with van der Waals surface area (Å²) >= 11 is 0. The van der Waals surface area contributed by atoms with Crippen molar-refractivity contribution in [2.45, 2.75) is 38.2 Å². The van der Waals surface area contributed by atoms with Crippen LogP contribution in [-0.2, 0) is 17.8 Å². The van der Waals surface area contributed by atoms with Crippen molar-refractivity contribution >= 4 is 5.97 Å². The lowest BCUT2D eigenvalue weighted by molar-refractivity contribution is -0.137. The molecule has 3 rings (SSSR count). The molecular formula is C11H12F2N2O2. The number of fused-ring (bicyclic) bond motifs is 3. The van der Waals surface area contributed by atoms with E-state index in [2.05, 4.69) is 5.10 Å². The third kappa shape index (κ3) is 1.62. The van der Waals surface area contributed by atoms with Crippen LogP contribution in [0.5, 0.6) is 0 Å². The first-order valence-corrected chi connectivity index (χ1v) is 5.67. The molecule has 2 aliphatic carbocycles. The molecule has 0 bridgehead atoms. The number of carbonyl (C=O) groups is 1. The van der Waals surface area contributed by atoms with E-state index in [0.717, 1.165) is 18.5 Å². The molecule has 0 aromatic carbocycles. The molecule has 0 radical (unpaired) electrons. The fourth-order valence-corrected chi connectivity index (χ4v) is 2.86. The fourth-order valence-electron chi connectivity index (χ4n) is 2.86. The summed E-state index contributed by atoms with van der Waals surface area (Å²) in [7, 11) is 0. The minimum absolute atomic E-state index is 0.216. The average Bonchev–Trinajstić information content (AvgIpc) is 2.94. The van der Waals surface area contributed by atoms with Gasteiger partial charge in [-0.15, -0.1) is 0 Å². The molecule has 1 heterocycles. The van der Waals surface area contributed by atoms with Crippen molar-refractivity contribution in [3.05, 3.63) is 17.0 Å². The van der Waals surface area contributed by atoms with Crippen molar-refractivity contribution < 1.29 is 18.7 Å². The lowest BCUT2D eigenvalue weighted by atomic mass is 9.96. The Hall–Kier alpha value is -1.46. The van der Waals surface area contributed by atoms with Crippen LogP contribution in [0.25, 0.3) is 0 Å². The number of hydrogen-bond acceptors (Lipinski definition) is 2. The van der Waals surface area contributed by atoms with Crippen LogP contribution in [0.3, 0.4) is 0 Å². The molecule has 1 aromatic rings. The zero-order valence-corrected chi connectivity index (χ0v) is 9.07. The Bertz CT molecular complexity index is 484. The van der Waals surface area contributed by atoms with Crippen LogP contribution in [0, 0.1) is 5.92 Å². The topological polar surface area (TPSA) is 55.1 Å². The van der Waals surface area contributed by atoms with Gasteiger partial charge in [0, 0.05) is 17.2 Å². The van der Waals surface area contributed by atoms with E-state index in [1.807, 2.05) is 0 Å². The molecule has 1 saturated carbocycles. The second-order valence-corrected chi connectivity index (χ2v) is 4.74.